The van der Waals surface area contributed by atoms with Gasteiger partial charge in [0.1, 0.15) is 5.82 Å². The van der Waals surface area contributed by atoms with Crippen molar-refractivity contribution in [1.29, 1.82) is 0 Å². The number of nitrogens with zero attached hydrogens (tertiary/aromatic N) is 4. The van der Waals surface area contributed by atoms with Crippen molar-refractivity contribution in [2.45, 2.75) is 12.3 Å². The number of hydrogen-bond acceptors (Lipinski definition) is 6. The number of aromatic amines is 1. The number of nitrogens with one attached hydrogen (secondary N) is 2. The number of amides is 1. The number of anilines is 2. The number of carbonyl (C=O) groups is 1. The Morgan fingerprint density at radius 2 is 2.03 bits per heavy atom. The molecule has 12 heteroatoms. The summed E-state index contributed by atoms with van der Waals surface area (Å²) >= 11 is 0. The molecule has 0 aliphatic carbocycles. The lowest BCUT2D eigenvalue weighted by molar-refractivity contribution is -0.141. The van der Waals surface area contributed by atoms with Crippen LogP contribution in [-0.2, 0) is 10.9 Å². The molecule has 0 saturated carbocycles. The average Bonchev–Trinajstić information content (AvgIpc) is 3.29. The second-order valence-electron chi connectivity index (χ2n) is 6.65. The van der Waals surface area contributed by atoms with Gasteiger partial charge in [-0.25, -0.2) is 14.4 Å². The van der Waals surface area contributed by atoms with E-state index < -0.39 is 29.7 Å². The third-order valence-electron chi connectivity index (χ3n) is 4.62. The van der Waals surface area contributed by atoms with Crippen LogP contribution >= 0.6 is 0 Å². The third-order valence-corrected chi connectivity index (χ3v) is 4.62. The first kappa shape index (κ1) is 20.9. The van der Waals surface area contributed by atoms with Crippen LogP contribution < -0.4 is 10.2 Å². The lowest BCUT2D eigenvalue weighted by Gasteiger charge is -2.26. The highest BCUT2D eigenvalue weighted by Gasteiger charge is 2.33. The summed E-state index contributed by atoms with van der Waals surface area (Å²) in [5.74, 6) is -1.51. The van der Waals surface area contributed by atoms with Gasteiger partial charge in [-0.15, -0.1) is 0 Å². The van der Waals surface area contributed by atoms with Gasteiger partial charge >= 0.3 is 6.18 Å². The standard InChI is InChI=1S/C19H16F4N6O2/c20-14-5-12(1-2-13(14)15-8-24-3-4-31-15)29(18(30)11-6-27-28-7-11)17-10-25-16(9-26-17)19(21,22)23/h1-2,5-7,9-10,15,24H,3-4,8H2,(H,27,28)/t15-/m1/s1. The van der Waals surface area contributed by atoms with Gasteiger partial charge in [0.2, 0.25) is 0 Å². The molecular weight excluding hydrogens is 420 g/mol. The highest BCUT2D eigenvalue weighted by atomic mass is 19.4. The first-order chi connectivity index (χ1) is 14.8. The molecule has 1 fully saturated rings. The van der Waals surface area contributed by atoms with E-state index in [1.807, 2.05) is 0 Å². The summed E-state index contributed by atoms with van der Waals surface area (Å²) in [6, 6.07) is 4.04. The van der Waals surface area contributed by atoms with Crippen LogP contribution in [0.1, 0.15) is 27.7 Å². The molecule has 2 aromatic heterocycles. The van der Waals surface area contributed by atoms with Crippen LogP contribution in [0.5, 0.6) is 0 Å². The molecule has 162 valence electrons. The van der Waals surface area contributed by atoms with E-state index in [1.165, 1.54) is 24.5 Å². The third kappa shape index (κ3) is 4.39. The molecule has 1 aliphatic heterocycles. The quantitative estimate of drug-likeness (QED) is 0.611. The number of morpholine rings is 1. The van der Waals surface area contributed by atoms with Crippen LogP contribution in [0.4, 0.5) is 29.1 Å². The van der Waals surface area contributed by atoms with Crippen LogP contribution in [0.2, 0.25) is 0 Å². The summed E-state index contributed by atoms with van der Waals surface area (Å²) in [5.41, 5.74) is -0.753. The van der Waals surface area contributed by atoms with Gasteiger partial charge in [-0.2, -0.15) is 18.3 Å². The van der Waals surface area contributed by atoms with E-state index in [2.05, 4.69) is 25.5 Å². The SMILES string of the molecule is O=C(c1cn[nH]c1)N(c1ccc([C@H]2CNCCO2)c(F)c1)c1cnc(C(F)(F)F)cn1. The summed E-state index contributed by atoms with van der Waals surface area (Å²) in [6.45, 7) is 1.52. The second-order valence-corrected chi connectivity index (χ2v) is 6.65. The average molecular weight is 436 g/mol. The molecular formula is C19H16F4N6O2. The minimum atomic E-state index is -4.69. The maximum atomic E-state index is 14.9. The normalized spacial score (nSPS) is 16.8. The first-order valence-corrected chi connectivity index (χ1v) is 9.19. The maximum Gasteiger partial charge on any atom is 0.434 e. The highest BCUT2D eigenvalue weighted by molar-refractivity contribution is 6.10. The van der Waals surface area contributed by atoms with Gasteiger partial charge in [0.25, 0.3) is 5.91 Å². The van der Waals surface area contributed by atoms with Crippen molar-refractivity contribution in [3.63, 3.8) is 0 Å². The van der Waals surface area contributed by atoms with Crippen LogP contribution in [0.3, 0.4) is 0 Å². The number of hydrogen-bond donors (Lipinski definition) is 2. The Hall–Kier alpha value is -3.38. The molecule has 31 heavy (non-hydrogen) atoms. The Morgan fingerprint density at radius 1 is 1.19 bits per heavy atom. The van der Waals surface area contributed by atoms with Gasteiger partial charge in [0.15, 0.2) is 11.5 Å². The van der Waals surface area contributed by atoms with E-state index in [0.29, 0.717) is 31.5 Å². The first-order valence-electron chi connectivity index (χ1n) is 9.19. The molecule has 1 saturated heterocycles. The van der Waals surface area contributed by atoms with Crippen molar-refractivity contribution in [3.05, 3.63) is 65.6 Å². The monoisotopic (exact) mass is 436 g/mol. The van der Waals surface area contributed by atoms with Gasteiger partial charge < -0.3 is 10.1 Å². The van der Waals surface area contributed by atoms with Crippen LogP contribution in [0.15, 0.2) is 43.0 Å². The van der Waals surface area contributed by atoms with E-state index in [0.717, 1.165) is 17.2 Å². The Labute approximate surface area is 173 Å². The minimum Gasteiger partial charge on any atom is -0.371 e. The number of rotatable bonds is 4. The van der Waals surface area contributed by atoms with E-state index in [-0.39, 0.29) is 17.1 Å². The Morgan fingerprint density at radius 3 is 2.61 bits per heavy atom. The van der Waals surface area contributed by atoms with Crippen molar-refractivity contribution >= 4 is 17.4 Å². The van der Waals surface area contributed by atoms with Gasteiger partial charge in [-0.1, -0.05) is 6.07 Å². The number of benzene rings is 1. The largest absolute Gasteiger partial charge is 0.434 e. The molecule has 3 aromatic rings. The molecule has 1 atom stereocenters. The number of aromatic nitrogens is 4. The van der Waals surface area contributed by atoms with E-state index in [4.69, 9.17) is 4.74 Å². The zero-order valence-corrected chi connectivity index (χ0v) is 15.9. The number of H-pyrrole nitrogens is 1. The fraction of sp³-hybridized carbons (Fsp3) is 0.263. The van der Waals surface area contributed by atoms with E-state index >= 15 is 0 Å². The molecule has 4 rings (SSSR count). The molecule has 0 bridgehead atoms. The molecule has 1 amide bonds. The summed E-state index contributed by atoms with van der Waals surface area (Å²) in [4.78, 5) is 21.0. The molecule has 3 heterocycles. The predicted molar refractivity (Wildman–Crippen MR) is 100 cm³/mol. The van der Waals surface area contributed by atoms with Gasteiger partial charge in [0.05, 0.1) is 42.6 Å². The maximum absolute atomic E-state index is 14.9. The summed E-state index contributed by atoms with van der Waals surface area (Å²) in [7, 11) is 0. The topological polar surface area (TPSA) is 96.0 Å². The number of ether oxygens (including phenoxy) is 1. The molecule has 0 unspecified atom stereocenters. The van der Waals surface area contributed by atoms with Gasteiger partial charge in [-0.05, 0) is 12.1 Å². The number of carbonyl (C=O) groups excluding carboxylic acids is 1. The molecule has 8 nitrogen and oxygen atoms in total. The molecule has 1 aliphatic rings. The van der Waals surface area contributed by atoms with Crippen LogP contribution in [0, 0.1) is 5.82 Å². The van der Waals surface area contributed by atoms with Crippen LogP contribution in [0.25, 0.3) is 0 Å². The zero-order valence-electron chi connectivity index (χ0n) is 15.9. The van der Waals surface area contributed by atoms with Crippen molar-refractivity contribution in [3.8, 4) is 0 Å². The van der Waals surface area contributed by atoms with Crippen molar-refractivity contribution < 1.29 is 27.1 Å². The summed E-state index contributed by atoms with van der Waals surface area (Å²) in [6.07, 6.45) is -1.32. The smallest absolute Gasteiger partial charge is 0.371 e. The Balaban J connectivity index is 1.72. The van der Waals surface area contributed by atoms with Gasteiger partial charge in [-0.3, -0.25) is 14.8 Å². The fourth-order valence-electron chi connectivity index (χ4n) is 3.12. The molecule has 2 N–H and O–H groups in total. The summed E-state index contributed by atoms with van der Waals surface area (Å²) < 4.78 is 59.0. The zero-order chi connectivity index (χ0) is 22.0. The fourth-order valence-corrected chi connectivity index (χ4v) is 3.12. The lowest BCUT2D eigenvalue weighted by Crippen LogP contribution is -2.34. The van der Waals surface area contributed by atoms with Gasteiger partial charge in [0, 0.05) is 24.8 Å². The van der Waals surface area contributed by atoms with Crippen molar-refractivity contribution in [2.24, 2.45) is 0 Å². The van der Waals surface area contributed by atoms with Crippen molar-refractivity contribution in [1.82, 2.24) is 25.5 Å². The number of halogens is 4. The highest BCUT2D eigenvalue weighted by Crippen LogP contribution is 2.32. The van der Waals surface area contributed by atoms with E-state index in [9.17, 15) is 22.4 Å². The minimum absolute atomic E-state index is 0.0604. The Bertz CT molecular complexity index is 1050. The van der Waals surface area contributed by atoms with Crippen molar-refractivity contribution in [2.75, 3.05) is 24.6 Å². The predicted octanol–water partition coefficient (Wildman–Crippen LogP) is 3.00. The lowest BCUT2D eigenvalue weighted by atomic mass is 10.1. The molecule has 0 spiro atoms. The Kier molecular flexibility index (Phi) is 5.65. The molecule has 0 radical (unpaired) electrons. The number of alkyl halides is 3. The molecule has 1 aromatic carbocycles. The van der Waals surface area contributed by atoms with E-state index in [1.54, 1.807) is 0 Å². The summed E-state index contributed by atoms with van der Waals surface area (Å²) in [5, 5.41) is 9.28. The second kappa shape index (κ2) is 8.40. The van der Waals surface area contributed by atoms with Crippen LogP contribution in [-0.4, -0.2) is 45.8 Å².